The summed E-state index contributed by atoms with van der Waals surface area (Å²) in [5.41, 5.74) is 0. The summed E-state index contributed by atoms with van der Waals surface area (Å²) in [5, 5.41) is 7.00. The predicted octanol–water partition coefficient (Wildman–Crippen LogP) is 0.973. The number of hydrogen-bond donors (Lipinski definition) is 1. The zero-order valence-corrected chi connectivity index (χ0v) is 8.84. The van der Waals surface area contributed by atoms with Gasteiger partial charge < -0.3 is 9.84 Å². The zero-order chi connectivity index (χ0) is 9.82. The van der Waals surface area contributed by atoms with Crippen LogP contribution in [0.1, 0.15) is 20.8 Å². The van der Waals surface area contributed by atoms with E-state index in [9.17, 15) is 0 Å². The van der Waals surface area contributed by atoms with Crippen LogP contribution in [0.25, 0.3) is 0 Å². The first kappa shape index (κ1) is 14.4. The van der Waals surface area contributed by atoms with Gasteiger partial charge in [-0.25, -0.2) is 0 Å². The lowest BCUT2D eigenvalue weighted by molar-refractivity contribution is 0.0405. The van der Waals surface area contributed by atoms with Gasteiger partial charge in [-0.1, -0.05) is 20.8 Å². The molecule has 1 saturated heterocycles. The molecule has 0 saturated carbocycles. The number of aliphatic hydroxyl groups is 1. The quantitative estimate of drug-likeness (QED) is 0.648. The highest BCUT2D eigenvalue weighted by atomic mass is 16.5. The molecular formula is C9H23NO2. The van der Waals surface area contributed by atoms with Crippen molar-refractivity contribution >= 4 is 0 Å². The Morgan fingerprint density at radius 2 is 1.58 bits per heavy atom. The van der Waals surface area contributed by atoms with Crippen LogP contribution in [0.2, 0.25) is 0 Å². The minimum atomic E-state index is 0.924. The number of morpholine rings is 1. The molecule has 0 aromatic heterocycles. The van der Waals surface area contributed by atoms with Crippen molar-refractivity contribution in [1.82, 2.24) is 4.90 Å². The van der Waals surface area contributed by atoms with E-state index >= 15 is 0 Å². The average molecular weight is 177 g/mol. The molecule has 1 fully saturated rings. The van der Waals surface area contributed by atoms with Crippen LogP contribution >= 0.6 is 0 Å². The van der Waals surface area contributed by atoms with E-state index < -0.39 is 0 Å². The first-order valence-electron chi connectivity index (χ1n) is 4.68. The molecule has 0 aromatic rings. The Hall–Kier alpha value is -0.120. The molecule has 3 heteroatoms. The van der Waals surface area contributed by atoms with Gasteiger partial charge in [-0.2, -0.15) is 0 Å². The summed E-state index contributed by atoms with van der Waals surface area (Å²) >= 11 is 0. The normalized spacial score (nSPS) is 16.8. The van der Waals surface area contributed by atoms with Crippen molar-refractivity contribution in [3.05, 3.63) is 0 Å². The Balaban J connectivity index is 0. The third-order valence-electron chi connectivity index (χ3n) is 1.55. The number of likely N-dealkylation sites (N-methyl/N-ethyl adjacent to an activating group) is 1. The lowest BCUT2D eigenvalue weighted by atomic mass is 10.4. The fourth-order valence-electron chi connectivity index (χ4n) is 0.917. The number of rotatable bonds is 1. The van der Waals surface area contributed by atoms with Crippen LogP contribution in [0, 0.1) is 0 Å². The van der Waals surface area contributed by atoms with Crippen molar-refractivity contribution < 1.29 is 9.84 Å². The number of hydrogen-bond acceptors (Lipinski definition) is 3. The van der Waals surface area contributed by atoms with Gasteiger partial charge in [-0.3, -0.25) is 4.90 Å². The van der Waals surface area contributed by atoms with E-state index in [1.165, 1.54) is 6.54 Å². The monoisotopic (exact) mass is 177 g/mol. The molecule has 3 nitrogen and oxygen atoms in total. The molecule has 0 aromatic carbocycles. The van der Waals surface area contributed by atoms with Crippen molar-refractivity contribution in [2.24, 2.45) is 0 Å². The summed E-state index contributed by atoms with van der Waals surface area (Å²) in [7, 11) is 1.00. The molecule has 0 amide bonds. The van der Waals surface area contributed by atoms with E-state index in [0.717, 1.165) is 33.4 Å². The van der Waals surface area contributed by atoms with Crippen LogP contribution in [0.4, 0.5) is 0 Å². The Kier molecular flexibility index (Phi) is 16.2. The summed E-state index contributed by atoms with van der Waals surface area (Å²) in [6.45, 7) is 11.4. The molecule has 0 aliphatic carbocycles. The van der Waals surface area contributed by atoms with E-state index in [4.69, 9.17) is 9.84 Å². The molecule has 1 N–H and O–H groups in total. The second kappa shape index (κ2) is 13.5. The lowest BCUT2D eigenvalue weighted by Crippen LogP contribution is -2.35. The largest absolute Gasteiger partial charge is 0.400 e. The first-order valence-corrected chi connectivity index (χ1v) is 4.68. The second-order valence-electron chi connectivity index (χ2n) is 2.05. The van der Waals surface area contributed by atoms with Crippen molar-refractivity contribution in [1.29, 1.82) is 0 Å². The molecule has 1 aliphatic rings. The Labute approximate surface area is 76.3 Å². The van der Waals surface area contributed by atoms with Crippen molar-refractivity contribution in [2.45, 2.75) is 20.8 Å². The maximum Gasteiger partial charge on any atom is 0.0594 e. The molecule has 0 radical (unpaired) electrons. The standard InChI is InChI=1S/C6H13NO.C2H6.CH4O/c1-2-7-3-5-8-6-4-7;2*1-2/h2-6H2,1H3;1-2H3;2H,1H3. The average Bonchev–Trinajstić information content (AvgIpc) is 2.25. The molecule has 1 heterocycles. The van der Waals surface area contributed by atoms with Gasteiger partial charge in [-0.05, 0) is 6.54 Å². The van der Waals surface area contributed by atoms with E-state index in [1.807, 2.05) is 13.8 Å². The minimum absolute atomic E-state index is 0.924. The lowest BCUT2D eigenvalue weighted by Gasteiger charge is -2.24. The molecule has 1 rings (SSSR count). The van der Waals surface area contributed by atoms with Crippen molar-refractivity contribution in [3.8, 4) is 0 Å². The van der Waals surface area contributed by atoms with Crippen molar-refractivity contribution in [2.75, 3.05) is 40.0 Å². The maximum atomic E-state index is 7.00. The third kappa shape index (κ3) is 7.98. The molecular weight excluding hydrogens is 154 g/mol. The van der Waals surface area contributed by atoms with Crippen LogP contribution in [0.3, 0.4) is 0 Å². The Morgan fingerprint density at radius 3 is 1.83 bits per heavy atom. The van der Waals surface area contributed by atoms with Gasteiger partial charge in [0.25, 0.3) is 0 Å². The molecule has 0 spiro atoms. The predicted molar refractivity (Wildman–Crippen MR) is 52.4 cm³/mol. The zero-order valence-electron chi connectivity index (χ0n) is 8.84. The third-order valence-corrected chi connectivity index (χ3v) is 1.55. The van der Waals surface area contributed by atoms with Gasteiger partial charge >= 0.3 is 0 Å². The van der Waals surface area contributed by atoms with E-state index in [0.29, 0.717) is 0 Å². The highest BCUT2D eigenvalue weighted by molar-refractivity contribution is 4.57. The molecule has 12 heavy (non-hydrogen) atoms. The number of aliphatic hydroxyl groups excluding tert-OH is 1. The van der Waals surface area contributed by atoms with Gasteiger partial charge in [0.2, 0.25) is 0 Å². The topological polar surface area (TPSA) is 32.7 Å². The highest BCUT2D eigenvalue weighted by Crippen LogP contribution is 1.93. The fraction of sp³-hybridized carbons (Fsp3) is 1.00. The fourth-order valence-corrected chi connectivity index (χ4v) is 0.917. The summed E-state index contributed by atoms with van der Waals surface area (Å²) in [6.07, 6.45) is 0. The molecule has 1 aliphatic heterocycles. The summed E-state index contributed by atoms with van der Waals surface area (Å²) in [4.78, 5) is 2.39. The molecule has 0 bridgehead atoms. The SMILES string of the molecule is CC.CCN1CCOCC1.CO. The first-order chi connectivity index (χ1) is 5.93. The molecule has 0 atom stereocenters. The second-order valence-corrected chi connectivity index (χ2v) is 2.05. The van der Waals surface area contributed by atoms with Crippen LogP contribution in [0.15, 0.2) is 0 Å². The Bertz CT molecular complexity index is 63.5. The smallest absolute Gasteiger partial charge is 0.0594 e. The maximum absolute atomic E-state index is 7.00. The van der Waals surface area contributed by atoms with Gasteiger partial charge in [-0.15, -0.1) is 0 Å². The van der Waals surface area contributed by atoms with E-state index in [-0.39, 0.29) is 0 Å². The molecule has 76 valence electrons. The Morgan fingerprint density at radius 1 is 1.17 bits per heavy atom. The summed E-state index contributed by atoms with van der Waals surface area (Å²) in [6, 6.07) is 0. The van der Waals surface area contributed by atoms with Gasteiger partial charge in [0.1, 0.15) is 0 Å². The van der Waals surface area contributed by atoms with Crippen LogP contribution in [-0.2, 0) is 4.74 Å². The number of nitrogens with zero attached hydrogens (tertiary/aromatic N) is 1. The van der Waals surface area contributed by atoms with Gasteiger partial charge in [0.15, 0.2) is 0 Å². The minimum Gasteiger partial charge on any atom is -0.400 e. The number of ether oxygens (including phenoxy) is 1. The summed E-state index contributed by atoms with van der Waals surface area (Å²) < 4.78 is 5.16. The van der Waals surface area contributed by atoms with Crippen LogP contribution < -0.4 is 0 Å². The van der Waals surface area contributed by atoms with Crippen LogP contribution in [-0.4, -0.2) is 50.0 Å². The highest BCUT2D eigenvalue weighted by Gasteiger charge is 2.05. The van der Waals surface area contributed by atoms with E-state index in [2.05, 4.69) is 11.8 Å². The van der Waals surface area contributed by atoms with Crippen molar-refractivity contribution in [3.63, 3.8) is 0 Å². The molecule has 0 unspecified atom stereocenters. The van der Waals surface area contributed by atoms with Gasteiger partial charge in [0, 0.05) is 20.2 Å². The van der Waals surface area contributed by atoms with Crippen LogP contribution in [0.5, 0.6) is 0 Å². The summed E-state index contributed by atoms with van der Waals surface area (Å²) in [5.74, 6) is 0. The van der Waals surface area contributed by atoms with E-state index in [1.54, 1.807) is 0 Å². The van der Waals surface area contributed by atoms with Gasteiger partial charge in [0.05, 0.1) is 13.2 Å².